The Hall–Kier alpha value is -2.25. The van der Waals surface area contributed by atoms with E-state index in [-0.39, 0.29) is 6.54 Å². The first-order chi connectivity index (χ1) is 12.1. The molecule has 1 amide bonds. The number of carbonyl (C=O) groups excluding carboxylic acids is 1. The van der Waals surface area contributed by atoms with Crippen molar-refractivity contribution in [3.8, 4) is 5.75 Å². The largest absolute Gasteiger partial charge is 0.476 e. The van der Waals surface area contributed by atoms with Crippen LogP contribution in [0, 0.1) is 13.8 Å². The smallest absolute Gasteiger partial charge is 0.267 e. The Bertz CT molecular complexity index is 975. The van der Waals surface area contributed by atoms with Gasteiger partial charge in [-0.3, -0.25) is 9.10 Å². The molecule has 0 bridgehead atoms. The monoisotopic (exact) mass is 394 g/mol. The average Bonchev–Trinajstić information content (AvgIpc) is 2.56. The number of fused-ring (bicyclic) bond motifs is 1. The highest BCUT2D eigenvalue weighted by Gasteiger charge is 2.35. The Balaban J connectivity index is 1.91. The quantitative estimate of drug-likeness (QED) is 0.867. The summed E-state index contributed by atoms with van der Waals surface area (Å²) >= 11 is 5.98. The van der Waals surface area contributed by atoms with Gasteiger partial charge in [-0.05, 0) is 49.2 Å². The first-order valence-corrected chi connectivity index (χ1v) is 10.2. The zero-order valence-corrected chi connectivity index (χ0v) is 16.2. The van der Waals surface area contributed by atoms with E-state index in [1.54, 1.807) is 36.4 Å². The molecule has 0 fully saturated rings. The fraction of sp³-hybridized carbons (Fsp3) is 0.278. The molecule has 1 atom stereocenters. The van der Waals surface area contributed by atoms with Gasteiger partial charge in [0.1, 0.15) is 5.75 Å². The van der Waals surface area contributed by atoms with Crippen LogP contribution in [0.25, 0.3) is 0 Å². The molecule has 1 N–H and O–H groups in total. The van der Waals surface area contributed by atoms with Crippen molar-refractivity contribution in [1.82, 2.24) is 0 Å². The van der Waals surface area contributed by atoms with Crippen LogP contribution >= 0.6 is 11.6 Å². The number of rotatable bonds is 3. The Labute approximate surface area is 157 Å². The number of halogens is 1. The van der Waals surface area contributed by atoms with Gasteiger partial charge in [0.2, 0.25) is 10.0 Å². The Kier molecular flexibility index (Phi) is 4.86. The summed E-state index contributed by atoms with van der Waals surface area (Å²) in [6, 6.07) is 10.4. The molecule has 0 aromatic heterocycles. The number of sulfonamides is 1. The lowest BCUT2D eigenvalue weighted by Crippen LogP contribution is -2.48. The third-order valence-electron chi connectivity index (χ3n) is 4.13. The molecule has 8 heteroatoms. The zero-order valence-electron chi connectivity index (χ0n) is 14.6. The SMILES string of the molecule is Cc1ccc2c(c1)N(S(C)(=O)=O)C[C@H](C(=O)Nc1cc(Cl)ccc1C)O2. The first-order valence-electron chi connectivity index (χ1n) is 7.97. The molecule has 0 unspecified atom stereocenters. The van der Waals surface area contributed by atoms with Crippen LogP contribution in [0.5, 0.6) is 5.75 Å². The van der Waals surface area contributed by atoms with Gasteiger partial charge in [-0.1, -0.05) is 23.7 Å². The molecule has 138 valence electrons. The van der Waals surface area contributed by atoms with E-state index >= 15 is 0 Å². The second kappa shape index (κ2) is 6.81. The molecule has 3 rings (SSSR count). The maximum Gasteiger partial charge on any atom is 0.267 e. The minimum Gasteiger partial charge on any atom is -0.476 e. The number of aryl methyl sites for hydroxylation is 2. The van der Waals surface area contributed by atoms with Crippen LogP contribution in [-0.2, 0) is 14.8 Å². The van der Waals surface area contributed by atoms with Crippen molar-refractivity contribution >= 4 is 38.9 Å². The lowest BCUT2D eigenvalue weighted by Gasteiger charge is -2.34. The van der Waals surface area contributed by atoms with E-state index < -0.39 is 22.0 Å². The third kappa shape index (κ3) is 3.78. The second-order valence-corrected chi connectivity index (χ2v) is 8.66. The van der Waals surface area contributed by atoms with Crippen LogP contribution in [0.1, 0.15) is 11.1 Å². The van der Waals surface area contributed by atoms with Gasteiger partial charge < -0.3 is 10.1 Å². The maximum absolute atomic E-state index is 12.7. The van der Waals surface area contributed by atoms with Crippen LogP contribution in [0.2, 0.25) is 5.02 Å². The maximum atomic E-state index is 12.7. The van der Waals surface area contributed by atoms with E-state index in [1.807, 2.05) is 13.8 Å². The van der Waals surface area contributed by atoms with Crippen LogP contribution in [-0.4, -0.2) is 33.2 Å². The Morgan fingerprint density at radius 1 is 1.23 bits per heavy atom. The predicted molar refractivity (Wildman–Crippen MR) is 103 cm³/mol. The molecule has 2 aromatic carbocycles. The average molecular weight is 395 g/mol. The number of carbonyl (C=O) groups is 1. The van der Waals surface area contributed by atoms with Gasteiger partial charge in [-0.25, -0.2) is 8.42 Å². The molecular formula is C18H19ClN2O4S. The molecule has 1 aliphatic rings. The van der Waals surface area contributed by atoms with Crippen molar-refractivity contribution in [1.29, 1.82) is 0 Å². The molecule has 6 nitrogen and oxygen atoms in total. The number of ether oxygens (including phenoxy) is 1. The molecule has 0 saturated heterocycles. The lowest BCUT2D eigenvalue weighted by molar-refractivity contribution is -0.122. The number of hydrogen-bond acceptors (Lipinski definition) is 4. The van der Waals surface area contributed by atoms with Crippen LogP contribution < -0.4 is 14.4 Å². The minimum atomic E-state index is -3.56. The van der Waals surface area contributed by atoms with Gasteiger partial charge in [-0.2, -0.15) is 0 Å². The number of nitrogens with one attached hydrogen (secondary N) is 1. The van der Waals surface area contributed by atoms with E-state index in [0.29, 0.717) is 22.1 Å². The van der Waals surface area contributed by atoms with E-state index in [9.17, 15) is 13.2 Å². The minimum absolute atomic E-state index is 0.0965. The van der Waals surface area contributed by atoms with Gasteiger partial charge in [0.15, 0.2) is 6.10 Å². The number of benzene rings is 2. The summed E-state index contributed by atoms with van der Waals surface area (Å²) in [5.41, 5.74) is 2.75. The van der Waals surface area contributed by atoms with E-state index in [2.05, 4.69) is 5.32 Å². The van der Waals surface area contributed by atoms with Crippen molar-refractivity contribution in [2.75, 3.05) is 22.4 Å². The highest BCUT2D eigenvalue weighted by atomic mass is 35.5. The molecule has 1 heterocycles. The molecule has 0 saturated carbocycles. The van der Waals surface area contributed by atoms with Crippen molar-refractivity contribution in [2.24, 2.45) is 0 Å². The molecule has 26 heavy (non-hydrogen) atoms. The van der Waals surface area contributed by atoms with Gasteiger partial charge in [0.25, 0.3) is 5.91 Å². The molecule has 0 aliphatic carbocycles. The number of amides is 1. The first kappa shape index (κ1) is 18.5. The van der Waals surface area contributed by atoms with Crippen LogP contribution in [0.4, 0.5) is 11.4 Å². The van der Waals surface area contributed by atoms with Crippen LogP contribution in [0.15, 0.2) is 36.4 Å². The molecule has 0 radical (unpaired) electrons. The third-order valence-corrected chi connectivity index (χ3v) is 5.52. The standard InChI is InChI=1S/C18H19ClN2O4S/c1-11-4-7-16-15(8-11)21(26(3,23)24)10-17(25-16)18(22)20-14-9-13(19)6-5-12(14)2/h4-9,17H,10H2,1-3H3,(H,20,22)/t17-/m1/s1. The van der Waals surface area contributed by atoms with E-state index in [1.165, 1.54) is 4.31 Å². The van der Waals surface area contributed by atoms with Crippen LogP contribution in [0.3, 0.4) is 0 Å². The summed E-state index contributed by atoms with van der Waals surface area (Å²) in [7, 11) is -3.56. The Morgan fingerprint density at radius 2 is 1.96 bits per heavy atom. The zero-order chi connectivity index (χ0) is 19.1. The molecule has 0 spiro atoms. The highest BCUT2D eigenvalue weighted by molar-refractivity contribution is 7.92. The summed E-state index contributed by atoms with van der Waals surface area (Å²) in [5, 5.41) is 3.26. The van der Waals surface area contributed by atoms with Crippen molar-refractivity contribution in [2.45, 2.75) is 20.0 Å². The number of anilines is 2. The molecule has 1 aliphatic heterocycles. The fourth-order valence-electron chi connectivity index (χ4n) is 2.75. The topological polar surface area (TPSA) is 75.7 Å². The molecular weight excluding hydrogens is 376 g/mol. The lowest BCUT2D eigenvalue weighted by atomic mass is 10.1. The van der Waals surface area contributed by atoms with Crippen molar-refractivity contribution in [3.63, 3.8) is 0 Å². The van der Waals surface area contributed by atoms with E-state index in [0.717, 1.165) is 17.4 Å². The summed E-state index contributed by atoms with van der Waals surface area (Å²) < 4.78 is 31.4. The fourth-order valence-corrected chi connectivity index (χ4v) is 3.83. The summed E-state index contributed by atoms with van der Waals surface area (Å²) in [6.45, 7) is 3.61. The van der Waals surface area contributed by atoms with Crippen molar-refractivity contribution in [3.05, 3.63) is 52.5 Å². The number of nitrogens with zero attached hydrogens (tertiary/aromatic N) is 1. The molecule has 2 aromatic rings. The van der Waals surface area contributed by atoms with E-state index in [4.69, 9.17) is 16.3 Å². The van der Waals surface area contributed by atoms with Crippen molar-refractivity contribution < 1.29 is 17.9 Å². The van der Waals surface area contributed by atoms with Gasteiger partial charge in [0.05, 0.1) is 18.5 Å². The predicted octanol–water partition coefficient (Wildman–Crippen LogP) is 3.12. The number of hydrogen-bond donors (Lipinski definition) is 1. The summed E-state index contributed by atoms with van der Waals surface area (Å²) in [4.78, 5) is 12.7. The summed E-state index contributed by atoms with van der Waals surface area (Å²) in [6.07, 6.45) is 0.138. The van der Waals surface area contributed by atoms with Gasteiger partial charge in [0, 0.05) is 10.7 Å². The van der Waals surface area contributed by atoms with Gasteiger partial charge >= 0.3 is 0 Å². The Morgan fingerprint density at radius 3 is 2.65 bits per heavy atom. The normalized spacial score (nSPS) is 16.6. The highest BCUT2D eigenvalue weighted by Crippen LogP contribution is 2.36. The summed E-state index contributed by atoms with van der Waals surface area (Å²) in [5.74, 6) is -0.0783. The van der Waals surface area contributed by atoms with Gasteiger partial charge in [-0.15, -0.1) is 0 Å². The second-order valence-electron chi connectivity index (χ2n) is 6.32.